The fourth-order valence-corrected chi connectivity index (χ4v) is 2.86. The van der Waals surface area contributed by atoms with Crippen molar-refractivity contribution in [2.45, 2.75) is 26.4 Å². The highest BCUT2D eigenvalue weighted by Gasteiger charge is 2.15. The molecule has 1 atom stereocenters. The highest BCUT2D eigenvalue weighted by atomic mass is 16.2. The molecule has 0 saturated carbocycles. The Balaban J connectivity index is 1.78. The predicted molar refractivity (Wildman–Crippen MR) is 101 cm³/mol. The van der Waals surface area contributed by atoms with Crippen molar-refractivity contribution in [2.24, 2.45) is 0 Å². The lowest BCUT2D eigenvalue weighted by Gasteiger charge is -2.16. The second-order valence-electron chi connectivity index (χ2n) is 6.25. The number of nitrogens with one attached hydrogen (secondary N) is 1. The van der Waals surface area contributed by atoms with Crippen molar-refractivity contribution in [1.29, 1.82) is 0 Å². The number of hydrogen-bond acceptors (Lipinski definition) is 3. The summed E-state index contributed by atoms with van der Waals surface area (Å²) in [4.78, 5) is 24.6. The summed E-state index contributed by atoms with van der Waals surface area (Å²) in [5.74, 6) is -0.303. The number of amides is 1. The monoisotopic (exact) mass is 347 g/mol. The van der Waals surface area contributed by atoms with Crippen molar-refractivity contribution in [1.82, 2.24) is 15.1 Å². The Morgan fingerprint density at radius 1 is 1.04 bits per heavy atom. The third-order valence-electron chi connectivity index (χ3n) is 4.28. The molecule has 5 heteroatoms. The van der Waals surface area contributed by atoms with E-state index in [-0.39, 0.29) is 23.2 Å². The summed E-state index contributed by atoms with van der Waals surface area (Å²) in [5, 5.41) is 7.18. The van der Waals surface area contributed by atoms with Gasteiger partial charge in [0.05, 0.1) is 12.6 Å². The van der Waals surface area contributed by atoms with Gasteiger partial charge in [-0.05, 0) is 36.6 Å². The smallest absolute Gasteiger partial charge is 0.272 e. The maximum absolute atomic E-state index is 12.6. The standard InChI is InChI=1S/C21H21N3O2/c1-15-8-6-7-11-18(15)16(2)22-21(26)19-12-13-20(25)24(23-19)14-17-9-4-3-5-10-17/h3-13,16H,14H2,1-2H3,(H,22,26). The highest BCUT2D eigenvalue weighted by Crippen LogP contribution is 2.16. The molecule has 1 unspecified atom stereocenters. The van der Waals surface area contributed by atoms with Gasteiger partial charge in [-0.3, -0.25) is 9.59 Å². The first-order chi connectivity index (χ1) is 12.5. The molecule has 3 rings (SSSR count). The van der Waals surface area contributed by atoms with Crippen LogP contribution in [0.3, 0.4) is 0 Å². The van der Waals surface area contributed by atoms with E-state index in [1.807, 2.05) is 68.4 Å². The van der Waals surface area contributed by atoms with Crippen LogP contribution >= 0.6 is 0 Å². The Hall–Kier alpha value is -3.21. The van der Waals surface area contributed by atoms with Gasteiger partial charge in [0.25, 0.3) is 11.5 Å². The number of carbonyl (C=O) groups is 1. The molecule has 0 spiro atoms. The topological polar surface area (TPSA) is 64.0 Å². The van der Waals surface area contributed by atoms with E-state index in [0.717, 1.165) is 16.7 Å². The number of aryl methyl sites for hydroxylation is 1. The zero-order valence-corrected chi connectivity index (χ0v) is 14.8. The van der Waals surface area contributed by atoms with Gasteiger partial charge in [0.15, 0.2) is 0 Å². The van der Waals surface area contributed by atoms with E-state index in [2.05, 4.69) is 10.4 Å². The van der Waals surface area contributed by atoms with Crippen LogP contribution < -0.4 is 10.9 Å². The SMILES string of the molecule is Cc1ccccc1C(C)NC(=O)c1ccc(=O)n(Cc2ccccc2)n1. The molecule has 0 radical (unpaired) electrons. The number of carbonyl (C=O) groups excluding carboxylic acids is 1. The fraction of sp³-hybridized carbons (Fsp3) is 0.190. The average Bonchev–Trinajstić information content (AvgIpc) is 2.64. The second kappa shape index (κ2) is 7.78. The summed E-state index contributed by atoms with van der Waals surface area (Å²) in [6.45, 7) is 4.27. The van der Waals surface area contributed by atoms with Gasteiger partial charge in [0, 0.05) is 6.07 Å². The van der Waals surface area contributed by atoms with Gasteiger partial charge in [0.2, 0.25) is 0 Å². The molecule has 0 bridgehead atoms. The molecule has 1 amide bonds. The quantitative estimate of drug-likeness (QED) is 0.771. The van der Waals surface area contributed by atoms with E-state index in [1.165, 1.54) is 16.8 Å². The minimum atomic E-state index is -0.303. The van der Waals surface area contributed by atoms with Crippen LogP contribution in [0, 0.1) is 6.92 Å². The van der Waals surface area contributed by atoms with Crippen molar-refractivity contribution in [3.05, 3.63) is 99.5 Å². The van der Waals surface area contributed by atoms with Crippen molar-refractivity contribution in [2.75, 3.05) is 0 Å². The van der Waals surface area contributed by atoms with E-state index in [9.17, 15) is 9.59 Å². The molecule has 26 heavy (non-hydrogen) atoms. The number of aromatic nitrogens is 2. The summed E-state index contributed by atoms with van der Waals surface area (Å²) in [5.41, 5.74) is 3.10. The number of hydrogen-bond donors (Lipinski definition) is 1. The molecule has 0 aliphatic heterocycles. The van der Waals surface area contributed by atoms with Crippen LogP contribution in [0.1, 0.15) is 40.1 Å². The van der Waals surface area contributed by atoms with Crippen LogP contribution in [-0.2, 0) is 6.54 Å². The maximum atomic E-state index is 12.6. The van der Waals surface area contributed by atoms with Gasteiger partial charge in [-0.2, -0.15) is 5.10 Å². The molecule has 1 heterocycles. The number of benzene rings is 2. The molecular formula is C21H21N3O2. The zero-order chi connectivity index (χ0) is 18.5. The second-order valence-corrected chi connectivity index (χ2v) is 6.25. The van der Waals surface area contributed by atoms with Gasteiger partial charge in [0.1, 0.15) is 5.69 Å². The zero-order valence-electron chi connectivity index (χ0n) is 14.8. The molecule has 3 aromatic rings. The maximum Gasteiger partial charge on any atom is 0.272 e. The van der Waals surface area contributed by atoms with Gasteiger partial charge in [-0.1, -0.05) is 54.6 Å². The predicted octanol–water partition coefficient (Wildman–Crippen LogP) is 3.09. The fourth-order valence-electron chi connectivity index (χ4n) is 2.86. The highest BCUT2D eigenvalue weighted by molar-refractivity contribution is 5.92. The summed E-state index contributed by atoms with van der Waals surface area (Å²) in [6.07, 6.45) is 0. The van der Waals surface area contributed by atoms with Crippen LogP contribution in [0.4, 0.5) is 0 Å². The summed E-state index contributed by atoms with van der Waals surface area (Å²) in [6, 6.07) is 20.2. The lowest BCUT2D eigenvalue weighted by atomic mass is 10.0. The lowest BCUT2D eigenvalue weighted by Crippen LogP contribution is -2.31. The van der Waals surface area contributed by atoms with Crippen molar-refractivity contribution in [3.63, 3.8) is 0 Å². The Labute approximate surface area is 152 Å². The molecule has 0 saturated heterocycles. The minimum absolute atomic E-state index is 0.153. The third kappa shape index (κ3) is 4.06. The molecule has 0 aliphatic rings. The van der Waals surface area contributed by atoms with E-state index in [1.54, 1.807) is 0 Å². The molecule has 1 aromatic heterocycles. The van der Waals surface area contributed by atoms with Crippen molar-refractivity contribution < 1.29 is 4.79 Å². The summed E-state index contributed by atoms with van der Waals surface area (Å²) in [7, 11) is 0. The number of nitrogens with zero attached hydrogens (tertiary/aromatic N) is 2. The Morgan fingerprint density at radius 2 is 1.73 bits per heavy atom. The largest absolute Gasteiger partial charge is 0.344 e. The van der Waals surface area contributed by atoms with Crippen LogP contribution in [0.25, 0.3) is 0 Å². The van der Waals surface area contributed by atoms with Gasteiger partial charge in [-0.25, -0.2) is 4.68 Å². The van der Waals surface area contributed by atoms with E-state index in [4.69, 9.17) is 0 Å². The molecular weight excluding hydrogens is 326 g/mol. The molecule has 0 fully saturated rings. The molecule has 1 N–H and O–H groups in total. The summed E-state index contributed by atoms with van der Waals surface area (Å²) < 4.78 is 1.31. The number of rotatable bonds is 5. The van der Waals surface area contributed by atoms with Gasteiger partial charge >= 0.3 is 0 Å². The van der Waals surface area contributed by atoms with Crippen LogP contribution in [0.2, 0.25) is 0 Å². The first kappa shape index (κ1) is 17.6. The Morgan fingerprint density at radius 3 is 2.46 bits per heavy atom. The first-order valence-electron chi connectivity index (χ1n) is 8.53. The normalized spacial score (nSPS) is 11.8. The van der Waals surface area contributed by atoms with Crippen LogP contribution in [0.15, 0.2) is 71.5 Å². The van der Waals surface area contributed by atoms with Crippen LogP contribution in [0.5, 0.6) is 0 Å². The summed E-state index contributed by atoms with van der Waals surface area (Å²) >= 11 is 0. The van der Waals surface area contributed by atoms with Crippen molar-refractivity contribution >= 4 is 5.91 Å². The average molecular weight is 347 g/mol. The van der Waals surface area contributed by atoms with Crippen molar-refractivity contribution in [3.8, 4) is 0 Å². The Bertz CT molecular complexity index is 964. The first-order valence-corrected chi connectivity index (χ1v) is 8.53. The van der Waals surface area contributed by atoms with E-state index in [0.29, 0.717) is 6.54 Å². The Kier molecular flexibility index (Phi) is 5.27. The van der Waals surface area contributed by atoms with Gasteiger partial charge < -0.3 is 5.32 Å². The minimum Gasteiger partial charge on any atom is -0.344 e. The van der Waals surface area contributed by atoms with Gasteiger partial charge in [-0.15, -0.1) is 0 Å². The molecule has 2 aromatic carbocycles. The molecule has 132 valence electrons. The van der Waals surface area contributed by atoms with E-state index < -0.39 is 0 Å². The molecule has 0 aliphatic carbocycles. The van der Waals surface area contributed by atoms with E-state index >= 15 is 0 Å². The van der Waals surface area contributed by atoms with Crippen LogP contribution in [-0.4, -0.2) is 15.7 Å². The lowest BCUT2D eigenvalue weighted by molar-refractivity contribution is 0.0932. The third-order valence-corrected chi connectivity index (χ3v) is 4.28. The molecule has 5 nitrogen and oxygen atoms in total.